The molecule has 3 nitrogen and oxygen atoms in total. The maximum atomic E-state index is 10.3. The molecule has 0 unspecified atom stereocenters. The van der Waals surface area contributed by atoms with Crippen LogP contribution in [0.5, 0.6) is 11.5 Å². The normalized spacial score (nSPS) is 20.0. The number of rotatable bonds is 1. The van der Waals surface area contributed by atoms with Crippen molar-refractivity contribution in [2.75, 3.05) is 13.1 Å². The van der Waals surface area contributed by atoms with E-state index in [0.29, 0.717) is 6.04 Å². The number of fused-ring (bicyclic) bond motifs is 2. The summed E-state index contributed by atoms with van der Waals surface area (Å²) >= 11 is 0. The molecule has 0 radical (unpaired) electrons. The van der Waals surface area contributed by atoms with Gasteiger partial charge < -0.3 is 10.2 Å². The lowest BCUT2D eigenvalue weighted by molar-refractivity contribution is 0.192. The number of phenols is 2. The summed E-state index contributed by atoms with van der Waals surface area (Å²) in [4.78, 5) is 2.51. The van der Waals surface area contributed by atoms with E-state index in [1.54, 1.807) is 6.07 Å². The van der Waals surface area contributed by atoms with E-state index in [1.165, 1.54) is 11.1 Å². The van der Waals surface area contributed by atoms with Crippen molar-refractivity contribution in [3.8, 4) is 22.6 Å². The van der Waals surface area contributed by atoms with E-state index in [9.17, 15) is 10.2 Å². The third-order valence-corrected chi connectivity index (χ3v) is 4.97. The van der Waals surface area contributed by atoms with Gasteiger partial charge in [0.25, 0.3) is 0 Å². The Morgan fingerprint density at radius 1 is 1.14 bits per heavy atom. The minimum atomic E-state index is -0.0343. The summed E-state index contributed by atoms with van der Waals surface area (Å²) in [5.74, 6) is -0.0130. The lowest BCUT2D eigenvalue weighted by Crippen LogP contribution is -2.38. The van der Waals surface area contributed by atoms with Crippen LogP contribution in [0.15, 0.2) is 30.3 Å². The highest BCUT2D eigenvalue weighted by atomic mass is 16.3. The molecule has 0 bridgehead atoms. The summed E-state index contributed by atoms with van der Waals surface area (Å²) in [6.07, 6.45) is 1.96. The summed E-state index contributed by atoms with van der Waals surface area (Å²) in [6, 6.07) is 10.3. The van der Waals surface area contributed by atoms with E-state index in [0.717, 1.165) is 42.6 Å². The van der Waals surface area contributed by atoms with Gasteiger partial charge in [-0.05, 0) is 47.7 Å². The van der Waals surface area contributed by atoms with Crippen molar-refractivity contribution in [3.63, 3.8) is 0 Å². The zero-order valence-corrected chi connectivity index (χ0v) is 12.1. The van der Waals surface area contributed by atoms with Gasteiger partial charge in [0.2, 0.25) is 0 Å². The molecule has 108 valence electrons. The van der Waals surface area contributed by atoms with Gasteiger partial charge in [0.15, 0.2) is 11.5 Å². The van der Waals surface area contributed by atoms with Crippen molar-refractivity contribution < 1.29 is 10.2 Å². The maximum absolute atomic E-state index is 10.3. The molecule has 2 N–H and O–H groups in total. The average Bonchev–Trinajstić information content (AvgIpc) is 2.51. The monoisotopic (exact) mass is 281 g/mol. The largest absolute Gasteiger partial charge is 0.504 e. The molecular formula is C18H19NO2. The van der Waals surface area contributed by atoms with Gasteiger partial charge >= 0.3 is 0 Å². The van der Waals surface area contributed by atoms with Crippen molar-refractivity contribution in [2.24, 2.45) is 0 Å². The first-order valence-electron chi connectivity index (χ1n) is 7.60. The van der Waals surface area contributed by atoms with E-state index in [2.05, 4.69) is 30.0 Å². The molecule has 21 heavy (non-hydrogen) atoms. The number of hydrogen-bond donors (Lipinski definition) is 2. The van der Waals surface area contributed by atoms with E-state index in [1.807, 2.05) is 6.07 Å². The molecule has 0 saturated carbocycles. The highest BCUT2D eigenvalue weighted by Gasteiger charge is 2.34. The fourth-order valence-electron chi connectivity index (χ4n) is 3.96. The quantitative estimate of drug-likeness (QED) is 0.789. The van der Waals surface area contributed by atoms with E-state index < -0.39 is 0 Å². The van der Waals surface area contributed by atoms with Crippen LogP contribution in [0.2, 0.25) is 0 Å². The van der Waals surface area contributed by atoms with Crippen LogP contribution in [-0.2, 0) is 12.8 Å². The number of nitrogens with zero attached hydrogens (tertiary/aromatic N) is 1. The minimum Gasteiger partial charge on any atom is -0.504 e. The molecule has 1 heterocycles. The lowest BCUT2D eigenvalue weighted by Gasteiger charge is -2.41. The van der Waals surface area contributed by atoms with Crippen molar-refractivity contribution in [1.29, 1.82) is 0 Å². The predicted molar refractivity (Wildman–Crippen MR) is 82.6 cm³/mol. The average molecular weight is 281 g/mol. The molecule has 1 aliphatic carbocycles. The highest BCUT2D eigenvalue weighted by molar-refractivity contribution is 5.82. The van der Waals surface area contributed by atoms with E-state index in [4.69, 9.17) is 0 Å². The van der Waals surface area contributed by atoms with Crippen LogP contribution in [-0.4, -0.2) is 28.2 Å². The Balaban J connectivity index is 2.01. The van der Waals surface area contributed by atoms with Gasteiger partial charge in [0.1, 0.15) is 0 Å². The molecule has 0 saturated heterocycles. The third-order valence-electron chi connectivity index (χ3n) is 4.97. The van der Waals surface area contributed by atoms with Crippen molar-refractivity contribution in [1.82, 2.24) is 4.90 Å². The van der Waals surface area contributed by atoms with Crippen molar-refractivity contribution >= 4 is 0 Å². The standard InChI is InChI=1S/C18H19NO2/c1-2-19-9-8-11-4-3-5-13-16(11)14(19)10-12-6-7-15(20)18(21)17(12)13/h3-7,14,20-21H,2,8-10H2,1H3/t14-/m1/s1. The van der Waals surface area contributed by atoms with Crippen LogP contribution in [0.1, 0.15) is 29.7 Å². The summed E-state index contributed by atoms with van der Waals surface area (Å²) in [5.41, 5.74) is 5.77. The SMILES string of the molecule is CCN1CCc2cccc3c2[C@H]1Cc1ccc(O)c(O)c1-3. The van der Waals surface area contributed by atoms with Crippen molar-refractivity contribution in [2.45, 2.75) is 25.8 Å². The van der Waals surface area contributed by atoms with Gasteiger partial charge in [-0.2, -0.15) is 0 Å². The second kappa shape index (κ2) is 4.50. The molecule has 1 aliphatic heterocycles. The van der Waals surface area contributed by atoms with Crippen LogP contribution < -0.4 is 0 Å². The van der Waals surface area contributed by atoms with Gasteiger partial charge in [-0.15, -0.1) is 0 Å². The Kier molecular flexibility index (Phi) is 2.73. The topological polar surface area (TPSA) is 43.7 Å². The molecule has 2 aliphatic rings. The molecule has 0 fully saturated rings. The molecule has 0 spiro atoms. The molecule has 3 heteroatoms. The van der Waals surface area contributed by atoms with Gasteiger partial charge in [-0.25, -0.2) is 0 Å². The summed E-state index contributed by atoms with van der Waals surface area (Å²) < 4.78 is 0. The fourth-order valence-corrected chi connectivity index (χ4v) is 3.96. The highest BCUT2D eigenvalue weighted by Crippen LogP contribution is 2.50. The van der Waals surface area contributed by atoms with Crippen LogP contribution in [0.3, 0.4) is 0 Å². The van der Waals surface area contributed by atoms with Gasteiger partial charge in [-0.1, -0.05) is 31.2 Å². The first-order chi connectivity index (χ1) is 10.2. The first kappa shape index (κ1) is 12.7. The molecule has 0 amide bonds. The second-order valence-electron chi connectivity index (χ2n) is 5.94. The van der Waals surface area contributed by atoms with Gasteiger partial charge in [0, 0.05) is 18.2 Å². The zero-order valence-electron chi connectivity index (χ0n) is 12.1. The smallest absolute Gasteiger partial charge is 0.165 e. The predicted octanol–water partition coefficient (Wildman–Crippen LogP) is 3.24. The summed E-state index contributed by atoms with van der Waals surface area (Å²) in [7, 11) is 0. The summed E-state index contributed by atoms with van der Waals surface area (Å²) in [5, 5.41) is 20.2. The summed E-state index contributed by atoms with van der Waals surface area (Å²) in [6.45, 7) is 4.34. The molecule has 2 aromatic rings. The zero-order chi connectivity index (χ0) is 14.6. The Morgan fingerprint density at radius 3 is 2.81 bits per heavy atom. The Bertz CT molecular complexity index is 723. The third kappa shape index (κ3) is 1.70. The fraction of sp³-hybridized carbons (Fsp3) is 0.333. The molecule has 2 aromatic carbocycles. The molecule has 0 aromatic heterocycles. The molecule has 4 rings (SSSR count). The minimum absolute atomic E-state index is 0.0213. The number of aromatic hydroxyl groups is 2. The maximum Gasteiger partial charge on any atom is 0.165 e. The van der Waals surface area contributed by atoms with E-state index >= 15 is 0 Å². The van der Waals surface area contributed by atoms with Crippen LogP contribution in [0.4, 0.5) is 0 Å². The molecule has 1 atom stereocenters. The Labute approximate surface area is 124 Å². The Morgan fingerprint density at radius 2 is 2.00 bits per heavy atom. The number of benzene rings is 2. The number of phenolic OH excluding ortho intramolecular Hbond substituents is 2. The van der Waals surface area contributed by atoms with Gasteiger partial charge in [-0.3, -0.25) is 4.90 Å². The van der Waals surface area contributed by atoms with Crippen LogP contribution >= 0.6 is 0 Å². The number of hydrogen-bond acceptors (Lipinski definition) is 3. The molecular weight excluding hydrogens is 262 g/mol. The van der Waals surface area contributed by atoms with Crippen molar-refractivity contribution in [3.05, 3.63) is 47.0 Å². The first-order valence-corrected chi connectivity index (χ1v) is 7.60. The number of likely N-dealkylation sites (N-methyl/N-ethyl adjacent to an activating group) is 1. The lowest BCUT2D eigenvalue weighted by atomic mass is 9.77. The Hall–Kier alpha value is -2.00. The van der Waals surface area contributed by atoms with Gasteiger partial charge in [0.05, 0.1) is 0 Å². The second-order valence-corrected chi connectivity index (χ2v) is 5.94. The van der Waals surface area contributed by atoms with Crippen LogP contribution in [0, 0.1) is 0 Å². The van der Waals surface area contributed by atoms with Crippen LogP contribution in [0.25, 0.3) is 11.1 Å². The van der Waals surface area contributed by atoms with E-state index in [-0.39, 0.29) is 11.5 Å².